The molecule has 2 aromatic carbocycles. The molecule has 17 heavy (non-hydrogen) atoms. The Hall–Kier alpha value is -0.600. The molecule has 0 saturated heterocycles. The third-order valence-corrected chi connectivity index (χ3v) is 5.34. The van der Waals surface area contributed by atoms with E-state index in [0.717, 1.165) is 0 Å². The Morgan fingerprint density at radius 1 is 0.647 bits per heavy atom. The van der Waals surface area contributed by atoms with Gasteiger partial charge in [-0.3, -0.25) is 0 Å². The summed E-state index contributed by atoms with van der Waals surface area (Å²) in [4.78, 5) is 0. The van der Waals surface area contributed by atoms with E-state index in [1.165, 1.54) is 11.1 Å². The van der Waals surface area contributed by atoms with Crippen molar-refractivity contribution >= 4 is 31.9 Å². The Balaban J connectivity index is 1.95. The number of hydrogen-bond donors (Lipinski definition) is 0. The summed E-state index contributed by atoms with van der Waals surface area (Å²) in [5, 5.41) is 0. The molecule has 2 aromatic rings. The molecule has 2 heteroatoms. The van der Waals surface area contributed by atoms with Gasteiger partial charge in [-0.1, -0.05) is 92.5 Å². The van der Waals surface area contributed by atoms with Gasteiger partial charge in [0.1, 0.15) is 0 Å². The molecule has 1 aliphatic rings. The van der Waals surface area contributed by atoms with Gasteiger partial charge in [0.15, 0.2) is 0 Å². The minimum Gasteiger partial charge on any atom is -0.0713 e. The first-order chi connectivity index (χ1) is 8.21. The van der Waals surface area contributed by atoms with Crippen LogP contribution >= 0.6 is 31.9 Å². The molecular weight excluding hydrogens is 340 g/mol. The molecule has 1 saturated carbocycles. The zero-order valence-electron chi connectivity index (χ0n) is 9.18. The van der Waals surface area contributed by atoms with Crippen LogP contribution in [0.4, 0.5) is 0 Å². The number of halogens is 2. The molecule has 3 rings (SSSR count). The molecule has 0 radical (unpaired) electrons. The van der Waals surface area contributed by atoms with Crippen LogP contribution < -0.4 is 0 Å². The Bertz CT molecular complexity index is 457. The van der Waals surface area contributed by atoms with E-state index in [0.29, 0.717) is 11.8 Å². The largest absolute Gasteiger partial charge is 0.0954 e. The molecule has 0 amide bonds. The SMILES string of the molecule is BrC1(Br)C(c2ccccc2)C1c1ccccc1. The normalized spacial score (nSPS) is 25.5. The molecular formula is C15H12Br2. The second kappa shape index (κ2) is 4.25. The number of benzene rings is 2. The van der Waals surface area contributed by atoms with Gasteiger partial charge < -0.3 is 0 Å². The molecule has 0 bridgehead atoms. The summed E-state index contributed by atoms with van der Waals surface area (Å²) in [6.45, 7) is 0. The number of hydrogen-bond acceptors (Lipinski definition) is 0. The van der Waals surface area contributed by atoms with Crippen LogP contribution in [0.2, 0.25) is 0 Å². The lowest BCUT2D eigenvalue weighted by molar-refractivity contribution is 1.03. The van der Waals surface area contributed by atoms with Crippen LogP contribution in [-0.4, -0.2) is 3.23 Å². The molecule has 1 fully saturated rings. The van der Waals surface area contributed by atoms with Crippen LogP contribution in [0.25, 0.3) is 0 Å². The van der Waals surface area contributed by atoms with Crippen molar-refractivity contribution < 1.29 is 0 Å². The highest BCUT2D eigenvalue weighted by Gasteiger charge is 2.62. The first kappa shape index (κ1) is 11.5. The summed E-state index contributed by atoms with van der Waals surface area (Å²) in [6.07, 6.45) is 0. The van der Waals surface area contributed by atoms with Gasteiger partial charge in [0, 0.05) is 11.8 Å². The Labute approximate surface area is 118 Å². The standard InChI is InChI=1S/C15H12Br2/c16-15(17)13(11-7-3-1-4-8-11)14(15)12-9-5-2-6-10-12/h1-10,13-14H. The van der Waals surface area contributed by atoms with Gasteiger partial charge in [0.25, 0.3) is 0 Å². The molecule has 0 aromatic heterocycles. The monoisotopic (exact) mass is 350 g/mol. The predicted octanol–water partition coefficient (Wildman–Crippen LogP) is 5.05. The van der Waals surface area contributed by atoms with Gasteiger partial charge >= 0.3 is 0 Å². The van der Waals surface area contributed by atoms with Gasteiger partial charge in [-0.25, -0.2) is 0 Å². The van der Waals surface area contributed by atoms with Crippen molar-refractivity contribution in [3.8, 4) is 0 Å². The molecule has 0 nitrogen and oxygen atoms in total. The average Bonchev–Trinajstić information content (AvgIpc) is 2.94. The zero-order valence-corrected chi connectivity index (χ0v) is 12.4. The fourth-order valence-electron chi connectivity index (χ4n) is 2.48. The fraction of sp³-hybridized carbons (Fsp3) is 0.200. The third kappa shape index (κ3) is 1.98. The Morgan fingerprint density at radius 3 is 1.35 bits per heavy atom. The summed E-state index contributed by atoms with van der Waals surface area (Å²) >= 11 is 7.62. The molecule has 0 N–H and O–H groups in total. The van der Waals surface area contributed by atoms with Crippen LogP contribution in [0.3, 0.4) is 0 Å². The lowest BCUT2D eigenvalue weighted by atomic mass is 10.0. The molecule has 0 spiro atoms. The highest BCUT2D eigenvalue weighted by molar-refractivity contribution is 9.25. The van der Waals surface area contributed by atoms with E-state index in [2.05, 4.69) is 92.5 Å². The van der Waals surface area contributed by atoms with Crippen molar-refractivity contribution in [2.24, 2.45) is 0 Å². The van der Waals surface area contributed by atoms with Crippen molar-refractivity contribution in [3.63, 3.8) is 0 Å². The Kier molecular flexibility index (Phi) is 2.87. The highest BCUT2D eigenvalue weighted by Crippen LogP contribution is 2.72. The van der Waals surface area contributed by atoms with E-state index < -0.39 is 0 Å². The van der Waals surface area contributed by atoms with E-state index in [-0.39, 0.29) is 3.23 Å². The molecule has 0 aliphatic heterocycles. The predicted molar refractivity (Wildman–Crippen MR) is 79.0 cm³/mol. The Morgan fingerprint density at radius 2 is 1.00 bits per heavy atom. The summed E-state index contributed by atoms with van der Waals surface area (Å²) in [5.41, 5.74) is 2.77. The van der Waals surface area contributed by atoms with Crippen LogP contribution in [-0.2, 0) is 0 Å². The van der Waals surface area contributed by atoms with Crippen LogP contribution in [0, 0.1) is 0 Å². The highest BCUT2D eigenvalue weighted by atomic mass is 79.9. The van der Waals surface area contributed by atoms with Crippen molar-refractivity contribution in [1.29, 1.82) is 0 Å². The zero-order chi connectivity index (χ0) is 11.9. The summed E-state index contributed by atoms with van der Waals surface area (Å²) in [7, 11) is 0. The maximum absolute atomic E-state index is 3.81. The first-order valence-electron chi connectivity index (χ1n) is 5.69. The molecule has 2 atom stereocenters. The van der Waals surface area contributed by atoms with Gasteiger partial charge in [-0.05, 0) is 11.1 Å². The third-order valence-electron chi connectivity index (χ3n) is 3.37. The van der Waals surface area contributed by atoms with Gasteiger partial charge in [-0.2, -0.15) is 0 Å². The minimum atomic E-state index is 0.0166. The fourth-order valence-corrected chi connectivity index (χ4v) is 4.33. The summed E-state index contributed by atoms with van der Waals surface area (Å²) in [5.74, 6) is 1.01. The van der Waals surface area contributed by atoms with Gasteiger partial charge in [0.2, 0.25) is 0 Å². The van der Waals surface area contributed by atoms with Crippen LogP contribution in [0.5, 0.6) is 0 Å². The minimum absolute atomic E-state index is 0.0166. The van der Waals surface area contributed by atoms with Crippen molar-refractivity contribution in [2.45, 2.75) is 15.1 Å². The summed E-state index contributed by atoms with van der Waals surface area (Å²) in [6, 6.07) is 21.3. The van der Waals surface area contributed by atoms with Gasteiger partial charge in [0.05, 0.1) is 3.23 Å². The topological polar surface area (TPSA) is 0 Å². The van der Waals surface area contributed by atoms with E-state index in [1.54, 1.807) is 0 Å². The van der Waals surface area contributed by atoms with Crippen LogP contribution in [0.1, 0.15) is 23.0 Å². The maximum atomic E-state index is 3.81. The number of rotatable bonds is 2. The molecule has 86 valence electrons. The van der Waals surface area contributed by atoms with Crippen molar-refractivity contribution in [3.05, 3.63) is 71.8 Å². The number of alkyl halides is 2. The van der Waals surface area contributed by atoms with Crippen molar-refractivity contribution in [1.82, 2.24) is 0 Å². The molecule has 1 aliphatic carbocycles. The van der Waals surface area contributed by atoms with E-state index >= 15 is 0 Å². The second-order valence-electron chi connectivity index (χ2n) is 4.45. The quantitative estimate of drug-likeness (QED) is 0.664. The van der Waals surface area contributed by atoms with Crippen molar-refractivity contribution in [2.75, 3.05) is 0 Å². The van der Waals surface area contributed by atoms with E-state index in [4.69, 9.17) is 0 Å². The maximum Gasteiger partial charge on any atom is 0.0954 e. The molecule has 0 heterocycles. The second-order valence-corrected chi connectivity index (χ2v) is 8.14. The lowest BCUT2D eigenvalue weighted by Gasteiger charge is -1.99. The lowest BCUT2D eigenvalue weighted by Crippen LogP contribution is -1.88. The first-order valence-corrected chi connectivity index (χ1v) is 7.27. The van der Waals surface area contributed by atoms with E-state index in [9.17, 15) is 0 Å². The van der Waals surface area contributed by atoms with Gasteiger partial charge in [-0.15, -0.1) is 0 Å². The smallest absolute Gasteiger partial charge is 0.0713 e. The summed E-state index contributed by atoms with van der Waals surface area (Å²) < 4.78 is 0.0166. The van der Waals surface area contributed by atoms with E-state index in [1.807, 2.05) is 0 Å². The van der Waals surface area contributed by atoms with Crippen LogP contribution in [0.15, 0.2) is 60.7 Å². The average molecular weight is 352 g/mol. The molecule has 2 unspecified atom stereocenters.